The van der Waals surface area contributed by atoms with Gasteiger partial charge in [-0.3, -0.25) is 5.10 Å². The van der Waals surface area contributed by atoms with E-state index in [0.717, 1.165) is 27.9 Å². The number of rotatable bonds is 5. The van der Waals surface area contributed by atoms with Gasteiger partial charge in [-0.25, -0.2) is 4.98 Å². The molecule has 0 saturated carbocycles. The molecule has 4 atom stereocenters. The third-order valence-electron chi connectivity index (χ3n) is 6.84. The fraction of sp³-hybridized carbons (Fsp3) is 0.222. The Balaban J connectivity index is 1.11. The van der Waals surface area contributed by atoms with Crippen LogP contribution in [-0.2, 0) is 9.47 Å². The number of benzene rings is 2. The minimum atomic E-state index is -0.634. The average molecular weight is 516 g/mol. The maximum absolute atomic E-state index is 9.94. The largest absolute Gasteiger partial charge is 0.456 e. The highest BCUT2D eigenvalue weighted by molar-refractivity contribution is 6.33. The SMILES string of the molecule is O[C@@H]1COC2[C@H](Oc3nc4nc(-c5ccc(-c6ccc(-c7ccn[nH]7)cc6)cc5)c(Cl)cc4[nH]3)CO[C@@H]21. The van der Waals surface area contributed by atoms with E-state index in [-0.39, 0.29) is 24.9 Å². The second-order valence-corrected chi connectivity index (χ2v) is 9.58. The van der Waals surface area contributed by atoms with Crippen molar-refractivity contribution < 1.29 is 19.3 Å². The first kappa shape index (κ1) is 22.4. The quantitative estimate of drug-likeness (QED) is 0.320. The molecule has 37 heavy (non-hydrogen) atoms. The van der Waals surface area contributed by atoms with Gasteiger partial charge in [0, 0.05) is 11.8 Å². The molecule has 0 spiro atoms. The van der Waals surface area contributed by atoms with E-state index in [1.54, 1.807) is 12.3 Å². The zero-order valence-electron chi connectivity index (χ0n) is 19.5. The summed E-state index contributed by atoms with van der Waals surface area (Å²) in [6, 6.07) is 20.5. The summed E-state index contributed by atoms with van der Waals surface area (Å²) in [5.41, 5.74) is 6.94. The molecule has 0 aliphatic carbocycles. The van der Waals surface area contributed by atoms with Gasteiger partial charge < -0.3 is 24.3 Å². The molecule has 2 aliphatic heterocycles. The highest BCUT2D eigenvalue weighted by Gasteiger charge is 2.48. The summed E-state index contributed by atoms with van der Waals surface area (Å²) in [5, 5.41) is 17.4. The summed E-state index contributed by atoms with van der Waals surface area (Å²) in [5.74, 6) is 0. The Morgan fingerprint density at radius 2 is 1.57 bits per heavy atom. The Bertz CT molecular complexity index is 1550. The number of halogens is 1. The maximum atomic E-state index is 9.94. The molecule has 2 aromatic carbocycles. The van der Waals surface area contributed by atoms with E-state index in [9.17, 15) is 5.11 Å². The lowest BCUT2D eigenvalue weighted by molar-refractivity contribution is 0.00706. The molecule has 2 aliphatic rings. The van der Waals surface area contributed by atoms with E-state index < -0.39 is 6.10 Å². The lowest BCUT2D eigenvalue weighted by Crippen LogP contribution is -2.34. The summed E-state index contributed by atoms with van der Waals surface area (Å²) in [6.45, 7) is 0.562. The van der Waals surface area contributed by atoms with Crippen LogP contribution in [0.5, 0.6) is 6.01 Å². The first-order valence-electron chi connectivity index (χ1n) is 12.0. The molecule has 2 saturated heterocycles. The number of aromatic amines is 2. The Labute approximate surface area is 216 Å². The van der Waals surface area contributed by atoms with Crippen LogP contribution in [-0.4, -0.2) is 67.9 Å². The van der Waals surface area contributed by atoms with Crippen molar-refractivity contribution in [2.45, 2.75) is 24.4 Å². The molecule has 0 amide bonds. The number of aliphatic hydroxyl groups is 1. The van der Waals surface area contributed by atoms with Gasteiger partial charge in [0.2, 0.25) is 0 Å². The lowest BCUT2D eigenvalue weighted by Gasteiger charge is -2.15. The molecular weight excluding hydrogens is 494 g/mol. The number of fused-ring (bicyclic) bond motifs is 2. The van der Waals surface area contributed by atoms with Crippen molar-refractivity contribution in [1.29, 1.82) is 0 Å². The molecule has 5 aromatic rings. The second-order valence-electron chi connectivity index (χ2n) is 9.18. The van der Waals surface area contributed by atoms with E-state index >= 15 is 0 Å². The number of aromatic nitrogens is 5. The summed E-state index contributed by atoms with van der Waals surface area (Å²) in [4.78, 5) is 12.3. The van der Waals surface area contributed by atoms with Gasteiger partial charge in [-0.15, -0.1) is 0 Å². The summed E-state index contributed by atoms with van der Waals surface area (Å²) >= 11 is 6.60. The van der Waals surface area contributed by atoms with Gasteiger partial charge in [-0.05, 0) is 28.8 Å². The van der Waals surface area contributed by atoms with Crippen molar-refractivity contribution in [3.05, 3.63) is 71.9 Å². The highest BCUT2D eigenvalue weighted by Crippen LogP contribution is 2.33. The molecule has 5 heterocycles. The van der Waals surface area contributed by atoms with Gasteiger partial charge in [-0.2, -0.15) is 10.1 Å². The van der Waals surface area contributed by atoms with Crippen LogP contribution < -0.4 is 4.74 Å². The van der Waals surface area contributed by atoms with Gasteiger partial charge in [0.15, 0.2) is 11.8 Å². The average Bonchev–Trinajstić information content (AvgIpc) is 3.71. The Morgan fingerprint density at radius 3 is 2.30 bits per heavy atom. The molecule has 2 fully saturated rings. The molecule has 9 nitrogen and oxygen atoms in total. The smallest absolute Gasteiger partial charge is 0.296 e. The number of nitrogens with one attached hydrogen (secondary N) is 2. The molecule has 7 rings (SSSR count). The number of aliphatic hydroxyl groups excluding tert-OH is 1. The van der Waals surface area contributed by atoms with E-state index in [1.807, 2.05) is 30.3 Å². The number of hydrogen-bond acceptors (Lipinski definition) is 7. The van der Waals surface area contributed by atoms with Crippen LogP contribution in [0.4, 0.5) is 0 Å². The summed E-state index contributed by atoms with van der Waals surface area (Å²) < 4.78 is 17.2. The minimum Gasteiger partial charge on any atom is -0.456 e. The topological polar surface area (TPSA) is 118 Å². The highest BCUT2D eigenvalue weighted by atomic mass is 35.5. The summed E-state index contributed by atoms with van der Waals surface area (Å²) in [7, 11) is 0. The normalized spacial score (nSPS) is 23.0. The van der Waals surface area contributed by atoms with Crippen LogP contribution in [0.3, 0.4) is 0 Å². The predicted molar refractivity (Wildman–Crippen MR) is 137 cm³/mol. The zero-order valence-corrected chi connectivity index (χ0v) is 20.2. The van der Waals surface area contributed by atoms with E-state index in [4.69, 9.17) is 30.8 Å². The van der Waals surface area contributed by atoms with Crippen LogP contribution in [0.2, 0.25) is 5.02 Å². The Morgan fingerprint density at radius 1 is 0.865 bits per heavy atom. The van der Waals surface area contributed by atoms with Crippen LogP contribution in [0.15, 0.2) is 66.9 Å². The Kier molecular flexibility index (Phi) is 5.44. The van der Waals surface area contributed by atoms with Gasteiger partial charge in [0.25, 0.3) is 6.01 Å². The predicted octanol–water partition coefficient (Wildman–Crippen LogP) is 4.24. The van der Waals surface area contributed by atoms with Crippen molar-refractivity contribution in [2.75, 3.05) is 13.2 Å². The molecule has 3 N–H and O–H groups in total. The van der Waals surface area contributed by atoms with Crippen LogP contribution in [0, 0.1) is 0 Å². The van der Waals surface area contributed by atoms with Gasteiger partial charge in [0.05, 0.1) is 35.1 Å². The van der Waals surface area contributed by atoms with Gasteiger partial charge in [-0.1, -0.05) is 60.1 Å². The number of hydrogen-bond donors (Lipinski definition) is 3. The third-order valence-corrected chi connectivity index (χ3v) is 7.13. The van der Waals surface area contributed by atoms with Crippen molar-refractivity contribution in [2.24, 2.45) is 0 Å². The van der Waals surface area contributed by atoms with Crippen molar-refractivity contribution >= 4 is 22.8 Å². The molecule has 10 heteroatoms. The van der Waals surface area contributed by atoms with E-state index in [2.05, 4.69) is 44.4 Å². The van der Waals surface area contributed by atoms with Crippen LogP contribution >= 0.6 is 11.6 Å². The van der Waals surface area contributed by atoms with Gasteiger partial charge in [0.1, 0.15) is 18.3 Å². The Hall–Kier alpha value is -3.76. The molecule has 1 unspecified atom stereocenters. The van der Waals surface area contributed by atoms with Crippen molar-refractivity contribution in [1.82, 2.24) is 25.1 Å². The number of imidazole rings is 1. The standard InChI is InChI=1S/C27H22ClN5O4/c28-18-11-20-26(32-27(30-20)37-22-13-36-24-21(34)12-35-25(22)24)31-23(18)17-7-3-15(4-8-17)14-1-5-16(6-2-14)19-9-10-29-33-19/h1-11,21-22,24-25,34H,12-13H2,(H,29,33)(H,30,31,32)/t21-,22-,24-,25?/m1/s1. The molecule has 3 aromatic heterocycles. The fourth-order valence-electron chi connectivity index (χ4n) is 4.92. The van der Waals surface area contributed by atoms with E-state index in [1.165, 1.54) is 0 Å². The summed E-state index contributed by atoms with van der Waals surface area (Å²) in [6.07, 6.45) is 0.0517. The molecule has 0 radical (unpaired) electrons. The van der Waals surface area contributed by atoms with Crippen LogP contribution in [0.1, 0.15) is 0 Å². The van der Waals surface area contributed by atoms with E-state index in [0.29, 0.717) is 34.5 Å². The number of pyridine rings is 1. The number of ether oxygens (including phenoxy) is 3. The first-order chi connectivity index (χ1) is 18.1. The minimum absolute atomic E-state index is 0.241. The fourth-order valence-corrected chi connectivity index (χ4v) is 5.18. The lowest BCUT2D eigenvalue weighted by atomic mass is 10.0. The zero-order chi connectivity index (χ0) is 24.9. The van der Waals surface area contributed by atoms with Crippen molar-refractivity contribution in [3.63, 3.8) is 0 Å². The van der Waals surface area contributed by atoms with Crippen LogP contribution in [0.25, 0.3) is 44.8 Å². The number of H-pyrrole nitrogens is 2. The third kappa shape index (κ3) is 4.06. The van der Waals surface area contributed by atoms with Crippen molar-refractivity contribution in [3.8, 4) is 39.7 Å². The van der Waals surface area contributed by atoms with Gasteiger partial charge >= 0.3 is 0 Å². The second kappa shape index (κ2) is 8.97. The first-order valence-corrected chi connectivity index (χ1v) is 12.3. The number of nitrogens with zero attached hydrogens (tertiary/aromatic N) is 3. The molecule has 186 valence electrons. The molecular formula is C27H22ClN5O4. The molecule has 0 bridgehead atoms. The monoisotopic (exact) mass is 515 g/mol. The maximum Gasteiger partial charge on any atom is 0.296 e.